The van der Waals surface area contributed by atoms with Crippen LogP contribution in [-0.4, -0.2) is 38.9 Å². The van der Waals surface area contributed by atoms with E-state index in [1.165, 1.54) is 6.26 Å². The van der Waals surface area contributed by atoms with Crippen molar-refractivity contribution in [2.45, 2.75) is 37.7 Å². The van der Waals surface area contributed by atoms with Crippen molar-refractivity contribution in [1.82, 2.24) is 15.2 Å². The Labute approximate surface area is 151 Å². The van der Waals surface area contributed by atoms with E-state index in [9.17, 15) is 9.59 Å². The first-order valence-electron chi connectivity index (χ1n) is 8.36. The first kappa shape index (κ1) is 17.5. The zero-order chi connectivity index (χ0) is 17.6. The van der Waals surface area contributed by atoms with Gasteiger partial charge < -0.3 is 14.6 Å². The molecule has 7 heteroatoms. The highest BCUT2D eigenvalue weighted by Crippen LogP contribution is 2.33. The van der Waals surface area contributed by atoms with Crippen LogP contribution in [0.5, 0.6) is 0 Å². The molecule has 3 heterocycles. The fraction of sp³-hybridized carbons (Fsp3) is 0.389. The van der Waals surface area contributed by atoms with E-state index in [0.29, 0.717) is 12.3 Å². The van der Waals surface area contributed by atoms with E-state index in [-0.39, 0.29) is 22.9 Å². The van der Waals surface area contributed by atoms with Crippen molar-refractivity contribution in [2.75, 3.05) is 5.75 Å². The van der Waals surface area contributed by atoms with Gasteiger partial charge in [-0.15, -0.1) is 11.8 Å². The van der Waals surface area contributed by atoms with Crippen LogP contribution in [0.2, 0.25) is 0 Å². The average Bonchev–Trinajstić information content (AvgIpc) is 3.30. The maximum Gasteiger partial charge on any atom is 0.291 e. The number of hydrogen-bond donors (Lipinski definition) is 1. The van der Waals surface area contributed by atoms with Gasteiger partial charge in [0.15, 0.2) is 5.76 Å². The number of furan rings is 1. The molecule has 0 saturated carbocycles. The summed E-state index contributed by atoms with van der Waals surface area (Å²) in [5, 5.41) is 2.89. The number of rotatable bonds is 6. The third-order valence-corrected chi connectivity index (χ3v) is 5.42. The molecule has 132 valence electrons. The van der Waals surface area contributed by atoms with Crippen LogP contribution in [-0.2, 0) is 11.3 Å². The minimum Gasteiger partial charge on any atom is -0.459 e. The smallest absolute Gasteiger partial charge is 0.291 e. The lowest BCUT2D eigenvalue weighted by Gasteiger charge is -2.27. The monoisotopic (exact) mass is 359 g/mol. The van der Waals surface area contributed by atoms with Gasteiger partial charge in [0, 0.05) is 11.9 Å². The van der Waals surface area contributed by atoms with Crippen LogP contribution in [0.3, 0.4) is 0 Å². The topological polar surface area (TPSA) is 75.4 Å². The van der Waals surface area contributed by atoms with Crippen molar-refractivity contribution in [3.8, 4) is 0 Å². The fourth-order valence-corrected chi connectivity index (χ4v) is 4.35. The molecule has 6 nitrogen and oxygen atoms in total. The maximum atomic E-state index is 12.8. The van der Waals surface area contributed by atoms with Crippen molar-refractivity contribution in [1.29, 1.82) is 0 Å². The van der Waals surface area contributed by atoms with Gasteiger partial charge in [-0.25, -0.2) is 0 Å². The SMILES string of the molecule is CCCC1SCC(C(=O)NCc2ccccn2)N1C(=O)c1ccco1. The Morgan fingerprint density at radius 1 is 1.36 bits per heavy atom. The van der Waals surface area contributed by atoms with Gasteiger partial charge >= 0.3 is 0 Å². The predicted octanol–water partition coefficient (Wildman–Crippen LogP) is 2.67. The number of hydrogen-bond acceptors (Lipinski definition) is 5. The lowest BCUT2D eigenvalue weighted by molar-refractivity contribution is -0.125. The Morgan fingerprint density at radius 2 is 2.24 bits per heavy atom. The summed E-state index contributed by atoms with van der Waals surface area (Å²) in [5.41, 5.74) is 0.788. The summed E-state index contributed by atoms with van der Waals surface area (Å²) in [4.78, 5) is 31.4. The van der Waals surface area contributed by atoms with Crippen molar-refractivity contribution in [3.63, 3.8) is 0 Å². The number of thioether (sulfide) groups is 1. The molecule has 0 spiro atoms. The molecule has 2 aromatic rings. The van der Waals surface area contributed by atoms with E-state index in [0.717, 1.165) is 18.5 Å². The van der Waals surface area contributed by atoms with E-state index < -0.39 is 6.04 Å². The van der Waals surface area contributed by atoms with Crippen LogP contribution in [0, 0.1) is 0 Å². The molecule has 1 N–H and O–H groups in total. The number of nitrogens with one attached hydrogen (secondary N) is 1. The number of aromatic nitrogens is 1. The predicted molar refractivity (Wildman–Crippen MR) is 95.9 cm³/mol. The molecular formula is C18H21N3O3S. The van der Waals surface area contributed by atoms with Gasteiger partial charge in [0.2, 0.25) is 5.91 Å². The van der Waals surface area contributed by atoms with Crippen LogP contribution in [0.1, 0.15) is 36.0 Å². The lowest BCUT2D eigenvalue weighted by Crippen LogP contribution is -2.49. The van der Waals surface area contributed by atoms with Crippen molar-refractivity contribution < 1.29 is 14.0 Å². The molecule has 25 heavy (non-hydrogen) atoms. The number of nitrogens with zero attached hydrogens (tertiary/aromatic N) is 2. The van der Waals surface area contributed by atoms with Crippen molar-refractivity contribution >= 4 is 23.6 Å². The van der Waals surface area contributed by atoms with Gasteiger partial charge in [-0.3, -0.25) is 14.6 Å². The van der Waals surface area contributed by atoms with Crippen LogP contribution in [0.4, 0.5) is 0 Å². The average molecular weight is 359 g/mol. The molecule has 2 unspecified atom stereocenters. The summed E-state index contributed by atoms with van der Waals surface area (Å²) < 4.78 is 5.25. The molecule has 2 atom stereocenters. The molecule has 3 rings (SSSR count). The third kappa shape index (κ3) is 4.04. The molecule has 1 fully saturated rings. The minimum atomic E-state index is -0.497. The van der Waals surface area contributed by atoms with E-state index in [2.05, 4.69) is 17.2 Å². The molecule has 1 aliphatic rings. The molecule has 2 amide bonds. The molecule has 0 aromatic carbocycles. The first-order valence-corrected chi connectivity index (χ1v) is 9.41. The second-order valence-electron chi connectivity index (χ2n) is 5.82. The van der Waals surface area contributed by atoms with Gasteiger partial charge in [-0.2, -0.15) is 0 Å². The highest BCUT2D eigenvalue weighted by Gasteiger charge is 2.42. The largest absolute Gasteiger partial charge is 0.459 e. The zero-order valence-electron chi connectivity index (χ0n) is 14.1. The highest BCUT2D eigenvalue weighted by molar-refractivity contribution is 8.00. The Hall–Kier alpha value is -2.28. The number of amides is 2. The van der Waals surface area contributed by atoms with E-state index in [4.69, 9.17) is 4.42 Å². The second-order valence-corrected chi connectivity index (χ2v) is 7.03. The Kier molecular flexibility index (Phi) is 5.75. The van der Waals surface area contributed by atoms with Gasteiger partial charge in [0.1, 0.15) is 6.04 Å². The lowest BCUT2D eigenvalue weighted by atomic mass is 10.2. The summed E-state index contributed by atoms with van der Waals surface area (Å²) in [6.07, 6.45) is 4.96. The number of pyridine rings is 1. The molecule has 0 bridgehead atoms. The van der Waals surface area contributed by atoms with E-state index in [1.807, 2.05) is 18.2 Å². The third-order valence-electron chi connectivity index (χ3n) is 4.07. The maximum absolute atomic E-state index is 12.8. The van der Waals surface area contributed by atoms with Gasteiger partial charge in [-0.05, 0) is 30.7 Å². The molecule has 2 aromatic heterocycles. The molecule has 1 aliphatic heterocycles. The molecule has 1 saturated heterocycles. The summed E-state index contributed by atoms with van der Waals surface area (Å²) in [6.45, 7) is 2.42. The Morgan fingerprint density at radius 3 is 2.92 bits per heavy atom. The van der Waals surface area contributed by atoms with Gasteiger partial charge in [-0.1, -0.05) is 19.4 Å². The van der Waals surface area contributed by atoms with Crippen LogP contribution in [0.15, 0.2) is 47.2 Å². The first-order chi connectivity index (χ1) is 12.2. The minimum absolute atomic E-state index is 0.00630. The van der Waals surface area contributed by atoms with Crippen LogP contribution in [0.25, 0.3) is 0 Å². The number of carbonyl (C=O) groups excluding carboxylic acids is 2. The quantitative estimate of drug-likeness (QED) is 0.858. The number of carbonyl (C=O) groups is 2. The standard InChI is InChI=1S/C18H21N3O3S/c1-2-6-16-21(18(23)15-8-5-10-24-15)14(12-25-16)17(22)20-11-13-7-3-4-9-19-13/h3-5,7-10,14,16H,2,6,11-12H2,1H3,(H,20,22). The summed E-state index contributed by atoms with van der Waals surface area (Å²) >= 11 is 1.65. The van der Waals surface area contributed by atoms with Crippen LogP contribution >= 0.6 is 11.8 Å². The second kappa shape index (κ2) is 8.20. The Bertz CT molecular complexity index is 706. The highest BCUT2D eigenvalue weighted by atomic mass is 32.2. The van der Waals surface area contributed by atoms with Crippen molar-refractivity contribution in [3.05, 3.63) is 54.2 Å². The molecule has 0 aliphatic carbocycles. The summed E-state index contributed by atoms with van der Waals surface area (Å²) in [5.74, 6) is 0.472. The van der Waals surface area contributed by atoms with E-state index in [1.54, 1.807) is 35.0 Å². The summed E-state index contributed by atoms with van der Waals surface area (Å²) in [7, 11) is 0. The normalized spacial score (nSPS) is 19.8. The zero-order valence-corrected chi connectivity index (χ0v) is 14.9. The molecular weight excluding hydrogens is 338 g/mol. The van der Waals surface area contributed by atoms with E-state index >= 15 is 0 Å². The van der Waals surface area contributed by atoms with Gasteiger partial charge in [0.05, 0.1) is 23.9 Å². The van der Waals surface area contributed by atoms with Gasteiger partial charge in [0.25, 0.3) is 5.91 Å². The van der Waals surface area contributed by atoms with Crippen LogP contribution < -0.4 is 5.32 Å². The summed E-state index contributed by atoms with van der Waals surface area (Å²) in [6, 6.07) is 8.39. The van der Waals surface area contributed by atoms with Crippen molar-refractivity contribution in [2.24, 2.45) is 0 Å². The Balaban J connectivity index is 1.71. The molecule has 0 radical (unpaired) electrons. The fourth-order valence-electron chi connectivity index (χ4n) is 2.83.